The molecule has 1 fully saturated rings. The number of nitrogens with zero attached hydrogens (tertiary/aromatic N) is 3. The SMILES string of the molecule is O=C(Oc1ccc(-c2nnco2)cc1)[C@H]1CCCN(C(=O)c2cccc3ccccc23)C1. The maximum absolute atomic E-state index is 13.2. The van der Waals surface area contributed by atoms with E-state index in [2.05, 4.69) is 10.2 Å². The summed E-state index contributed by atoms with van der Waals surface area (Å²) in [5, 5.41) is 9.46. The summed E-state index contributed by atoms with van der Waals surface area (Å²) in [6.07, 6.45) is 2.71. The number of benzene rings is 3. The zero-order chi connectivity index (χ0) is 21.9. The third-order valence-electron chi connectivity index (χ3n) is 5.74. The highest BCUT2D eigenvalue weighted by atomic mass is 16.5. The largest absolute Gasteiger partial charge is 0.426 e. The van der Waals surface area contributed by atoms with Crippen LogP contribution in [0.25, 0.3) is 22.2 Å². The first-order chi connectivity index (χ1) is 15.7. The Bertz CT molecular complexity index is 1250. The normalized spacial score (nSPS) is 16.1. The molecule has 4 aromatic rings. The third-order valence-corrected chi connectivity index (χ3v) is 5.74. The summed E-state index contributed by atoms with van der Waals surface area (Å²) < 4.78 is 10.8. The van der Waals surface area contributed by atoms with Crippen LogP contribution >= 0.6 is 0 Å². The molecule has 0 spiro atoms. The number of aromatic nitrogens is 2. The van der Waals surface area contributed by atoms with Crippen LogP contribution < -0.4 is 4.74 Å². The molecule has 2 heterocycles. The predicted molar refractivity (Wildman–Crippen MR) is 118 cm³/mol. The molecule has 160 valence electrons. The Morgan fingerprint density at radius 2 is 1.81 bits per heavy atom. The van der Waals surface area contributed by atoms with Crippen molar-refractivity contribution in [2.24, 2.45) is 5.92 Å². The topological polar surface area (TPSA) is 85.5 Å². The lowest BCUT2D eigenvalue weighted by atomic mass is 9.96. The molecule has 5 rings (SSSR count). The van der Waals surface area contributed by atoms with E-state index >= 15 is 0 Å². The monoisotopic (exact) mass is 427 g/mol. The molecule has 1 saturated heterocycles. The molecule has 7 heteroatoms. The van der Waals surface area contributed by atoms with Gasteiger partial charge >= 0.3 is 5.97 Å². The number of esters is 1. The Hall–Kier alpha value is -4.00. The standard InChI is InChI=1S/C25H21N3O4/c29-24(22-9-3-6-17-5-1-2-8-21(17)22)28-14-4-7-19(15-28)25(30)32-20-12-10-18(11-13-20)23-27-26-16-31-23/h1-3,5-6,8-13,16,19H,4,7,14-15H2/t19-/m0/s1. The number of rotatable bonds is 4. The van der Waals surface area contributed by atoms with E-state index in [1.54, 1.807) is 29.2 Å². The highest BCUT2D eigenvalue weighted by Crippen LogP contribution is 2.26. The van der Waals surface area contributed by atoms with Gasteiger partial charge in [0.05, 0.1) is 5.92 Å². The number of fused-ring (bicyclic) bond motifs is 1. The molecular formula is C25H21N3O4. The fourth-order valence-corrected chi connectivity index (χ4v) is 4.10. The van der Waals surface area contributed by atoms with Gasteiger partial charge in [0, 0.05) is 24.2 Å². The number of carbonyl (C=O) groups excluding carboxylic acids is 2. The lowest BCUT2D eigenvalue weighted by Gasteiger charge is -2.31. The second kappa shape index (κ2) is 8.63. The van der Waals surface area contributed by atoms with Crippen LogP contribution in [-0.2, 0) is 4.79 Å². The number of amides is 1. The average molecular weight is 427 g/mol. The Kier molecular flexibility index (Phi) is 5.37. The van der Waals surface area contributed by atoms with Gasteiger partial charge in [-0.25, -0.2) is 0 Å². The molecule has 7 nitrogen and oxygen atoms in total. The Morgan fingerprint density at radius 3 is 2.62 bits per heavy atom. The first kappa shape index (κ1) is 19.9. The maximum Gasteiger partial charge on any atom is 0.316 e. The second-order valence-electron chi connectivity index (χ2n) is 7.81. The fourth-order valence-electron chi connectivity index (χ4n) is 4.10. The van der Waals surface area contributed by atoms with Crippen LogP contribution in [0.5, 0.6) is 5.75 Å². The van der Waals surface area contributed by atoms with Crippen molar-refractivity contribution in [2.75, 3.05) is 13.1 Å². The summed E-state index contributed by atoms with van der Waals surface area (Å²) in [5.41, 5.74) is 1.40. The van der Waals surface area contributed by atoms with Crippen LogP contribution in [0.15, 0.2) is 77.5 Å². The lowest BCUT2D eigenvalue weighted by molar-refractivity contribution is -0.140. The number of carbonyl (C=O) groups is 2. The van der Waals surface area contributed by atoms with Gasteiger partial charge < -0.3 is 14.1 Å². The Labute approximate surface area is 184 Å². The second-order valence-corrected chi connectivity index (χ2v) is 7.81. The van der Waals surface area contributed by atoms with E-state index < -0.39 is 0 Å². The quantitative estimate of drug-likeness (QED) is 0.356. The molecule has 0 bridgehead atoms. The minimum absolute atomic E-state index is 0.0526. The lowest BCUT2D eigenvalue weighted by Crippen LogP contribution is -2.43. The van der Waals surface area contributed by atoms with E-state index in [1.807, 2.05) is 42.5 Å². The van der Waals surface area contributed by atoms with Crippen molar-refractivity contribution in [1.82, 2.24) is 15.1 Å². The van der Waals surface area contributed by atoms with E-state index in [9.17, 15) is 9.59 Å². The Morgan fingerprint density at radius 1 is 1.00 bits per heavy atom. The van der Waals surface area contributed by atoms with Gasteiger partial charge in [-0.1, -0.05) is 36.4 Å². The first-order valence-corrected chi connectivity index (χ1v) is 10.5. The van der Waals surface area contributed by atoms with Gasteiger partial charge in [0.1, 0.15) is 5.75 Å². The minimum Gasteiger partial charge on any atom is -0.426 e. The highest BCUT2D eigenvalue weighted by molar-refractivity contribution is 6.07. The van der Waals surface area contributed by atoms with Crippen molar-refractivity contribution in [3.63, 3.8) is 0 Å². The van der Waals surface area contributed by atoms with Gasteiger partial charge in [0.15, 0.2) is 0 Å². The fraction of sp³-hybridized carbons (Fsp3) is 0.200. The summed E-state index contributed by atoms with van der Waals surface area (Å²) in [4.78, 5) is 27.8. The number of piperidine rings is 1. The smallest absolute Gasteiger partial charge is 0.316 e. The molecule has 32 heavy (non-hydrogen) atoms. The molecule has 1 aliphatic rings. The van der Waals surface area contributed by atoms with Crippen molar-refractivity contribution in [3.8, 4) is 17.2 Å². The minimum atomic E-state index is -0.363. The molecule has 0 radical (unpaired) electrons. The van der Waals surface area contributed by atoms with Gasteiger partial charge in [-0.2, -0.15) is 0 Å². The van der Waals surface area contributed by atoms with E-state index in [-0.39, 0.29) is 17.8 Å². The van der Waals surface area contributed by atoms with Gasteiger partial charge in [0.2, 0.25) is 12.3 Å². The van der Waals surface area contributed by atoms with Crippen molar-refractivity contribution in [3.05, 3.63) is 78.7 Å². The zero-order valence-electron chi connectivity index (χ0n) is 17.3. The van der Waals surface area contributed by atoms with Crippen molar-refractivity contribution in [2.45, 2.75) is 12.8 Å². The molecular weight excluding hydrogens is 406 g/mol. The molecule has 1 aromatic heterocycles. The van der Waals surface area contributed by atoms with Crippen LogP contribution in [-0.4, -0.2) is 40.1 Å². The van der Waals surface area contributed by atoms with Gasteiger partial charge in [-0.15, -0.1) is 10.2 Å². The van der Waals surface area contributed by atoms with Crippen molar-refractivity contribution in [1.29, 1.82) is 0 Å². The molecule has 1 atom stereocenters. The number of hydrogen-bond donors (Lipinski definition) is 0. The van der Waals surface area contributed by atoms with Crippen LogP contribution in [0.2, 0.25) is 0 Å². The number of hydrogen-bond acceptors (Lipinski definition) is 6. The Balaban J connectivity index is 1.27. The predicted octanol–water partition coefficient (Wildman–Crippen LogP) is 4.35. The van der Waals surface area contributed by atoms with E-state index in [0.29, 0.717) is 36.7 Å². The van der Waals surface area contributed by atoms with Crippen LogP contribution in [0.1, 0.15) is 23.2 Å². The molecule has 3 aromatic carbocycles. The zero-order valence-corrected chi connectivity index (χ0v) is 17.3. The molecule has 0 aliphatic carbocycles. The summed E-state index contributed by atoms with van der Waals surface area (Å²) >= 11 is 0. The van der Waals surface area contributed by atoms with Crippen molar-refractivity contribution >= 4 is 22.6 Å². The van der Waals surface area contributed by atoms with E-state index in [4.69, 9.17) is 9.15 Å². The summed E-state index contributed by atoms with van der Waals surface area (Å²) in [7, 11) is 0. The molecule has 0 N–H and O–H groups in total. The summed E-state index contributed by atoms with van der Waals surface area (Å²) in [6.45, 7) is 0.978. The summed E-state index contributed by atoms with van der Waals surface area (Å²) in [6, 6.07) is 20.5. The maximum atomic E-state index is 13.2. The molecule has 1 amide bonds. The van der Waals surface area contributed by atoms with E-state index in [1.165, 1.54) is 6.39 Å². The van der Waals surface area contributed by atoms with Crippen LogP contribution in [0, 0.1) is 5.92 Å². The first-order valence-electron chi connectivity index (χ1n) is 10.5. The molecule has 0 saturated carbocycles. The van der Waals surface area contributed by atoms with Crippen molar-refractivity contribution < 1.29 is 18.7 Å². The third kappa shape index (κ3) is 3.97. The van der Waals surface area contributed by atoms with Gasteiger partial charge in [-0.05, 0) is 53.9 Å². The number of ether oxygens (including phenoxy) is 1. The van der Waals surface area contributed by atoms with Crippen LogP contribution in [0.4, 0.5) is 0 Å². The molecule has 0 unspecified atom stereocenters. The van der Waals surface area contributed by atoms with E-state index in [0.717, 1.165) is 22.8 Å². The average Bonchev–Trinajstić information content (AvgIpc) is 3.39. The van der Waals surface area contributed by atoms with Crippen LogP contribution in [0.3, 0.4) is 0 Å². The molecule has 1 aliphatic heterocycles. The highest BCUT2D eigenvalue weighted by Gasteiger charge is 2.30. The van der Waals surface area contributed by atoms with Gasteiger partial charge in [0.25, 0.3) is 5.91 Å². The van der Waals surface area contributed by atoms with Gasteiger partial charge in [-0.3, -0.25) is 9.59 Å². The summed E-state index contributed by atoms with van der Waals surface area (Å²) in [5.74, 6) is 0.0981. The number of likely N-dealkylation sites (tertiary alicyclic amines) is 1.